The molecule has 1 saturated heterocycles. The van der Waals surface area contributed by atoms with Crippen molar-refractivity contribution in [1.29, 1.82) is 0 Å². The minimum absolute atomic E-state index is 0.0631. The van der Waals surface area contributed by atoms with Crippen LogP contribution in [0.3, 0.4) is 0 Å². The molecule has 2 aliphatic heterocycles. The first kappa shape index (κ1) is 17.3. The first-order valence-electron chi connectivity index (χ1n) is 9.57. The second kappa shape index (κ2) is 6.95. The van der Waals surface area contributed by atoms with E-state index in [2.05, 4.69) is 11.4 Å². The molecule has 6 heteroatoms. The number of para-hydroxylation sites is 1. The number of hydrogen-bond acceptors (Lipinski definition) is 3. The molecule has 0 aliphatic carbocycles. The average Bonchev–Trinajstić information content (AvgIpc) is 3.24. The van der Waals surface area contributed by atoms with Gasteiger partial charge in [-0.3, -0.25) is 4.79 Å². The largest absolute Gasteiger partial charge is 0.324 e. The third kappa shape index (κ3) is 3.03. The van der Waals surface area contributed by atoms with Crippen molar-refractivity contribution in [2.24, 2.45) is 5.92 Å². The highest BCUT2D eigenvalue weighted by atomic mass is 32.1. The van der Waals surface area contributed by atoms with Gasteiger partial charge in [0.1, 0.15) is 0 Å². The Balaban J connectivity index is 1.40. The van der Waals surface area contributed by atoms with Crippen LogP contribution in [0.25, 0.3) is 10.4 Å². The van der Waals surface area contributed by atoms with E-state index in [1.54, 1.807) is 11.3 Å². The monoisotopic (exact) mass is 391 g/mol. The number of anilines is 1. The number of benzene rings is 1. The molecule has 5 rings (SSSR count). The summed E-state index contributed by atoms with van der Waals surface area (Å²) in [6, 6.07) is 17.5. The Labute approximate surface area is 167 Å². The van der Waals surface area contributed by atoms with Crippen molar-refractivity contribution in [1.82, 2.24) is 9.47 Å². The van der Waals surface area contributed by atoms with Crippen LogP contribution in [0.4, 0.5) is 10.5 Å². The van der Waals surface area contributed by atoms with Crippen LogP contribution in [0.5, 0.6) is 0 Å². The third-order valence-electron chi connectivity index (χ3n) is 5.70. The summed E-state index contributed by atoms with van der Waals surface area (Å²) in [5, 5.41) is 4.98. The molecule has 2 aliphatic rings. The molecule has 28 heavy (non-hydrogen) atoms. The molecule has 1 N–H and O–H groups in total. The van der Waals surface area contributed by atoms with Crippen molar-refractivity contribution in [2.75, 3.05) is 18.4 Å². The topological polar surface area (TPSA) is 54.3 Å². The molecule has 2 atom stereocenters. The highest BCUT2D eigenvalue weighted by molar-refractivity contribution is 7.13. The molecule has 142 valence electrons. The summed E-state index contributed by atoms with van der Waals surface area (Å²) in [5.74, 6) is 0.517. The normalized spacial score (nSPS) is 20.5. The van der Waals surface area contributed by atoms with Gasteiger partial charge < -0.3 is 14.8 Å². The van der Waals surface area contributed by atoms with Crippen LogP contribution in [-0.4, -0.2) is 28.6 Å². The van der Waals surface area contributed by atoms with E-state index in [-0.39, 0.29) is 17.5 Å². The molecule has 3 aromatic rings. The number of thiophene rings is 1. The molecule has 0 saturated carbocycles. The number of likely N-dealkylation sites (tertiary alicyclic amines) is 1. The molecule has 0 spiro atoms. The zero-order valence-corrected chi connectivity index (χ0v) is 16.2. The molecule has 2 amide bonds. The van der Waals surface area contributed by atoms with E-state index in [4.69, 9.17) is 0 Å². The number of nitrogens with zero attached hydrogens (tertiary/aromatic N) is 2. The molecule has 4 heterocycles. The lowest BCUT2D eigenvalue weighted by Crippen LogP contribution is -2.50. The number of piperidine rings is 1. The van der Waals surface area contributed by atoms with Crippen molar-refractivity contribution in [2.45, 2.75) is 18.9 Å². The van der Waals surface area contributed by atoms with Crippen LogP contribution < -0.4 is 10.9 Å². The number of amides is 2. The molecule has 2 aromatic heterocycles. The van der Waals surface area contributed by atoms with Gasteiger partial charge >= 0.3 is 6.03 Å². The Morgan fingerprint density at radius 2 is 1.86 bits per heavy atom. The van der Waals surface area contributed by atoms with E-state index >= 15 is 0 Å². The van der Waals surface area contributed by atoms with Gasteiger partial charge in [-0.2, -0.15) is 0 Å². The Hall–Kier alpha value is -2.86. The van der Waals surface area contributed by atoms with Gasteiger partial charge in [-0.05, 0) is 48.1 Å². The van der Waals surface area contributed by atoms with E-state index in [1.165, 1.54) is 0 Å². The van der Waals surface area contributed by atoms with Gasteiger partial charge in [0.15, 0.2) is 0 Å². The number of carbonyl (C=O) groups excluding carboxylic acids is 1. The number of aromatic nitrogens is 1. The third-order valence-corrected chi connectivity index (χ3v) is 6.61. The molecular formula is C22H21N3O2S. The molecule has 5 nitrogen and oxygen atoms in total. The van der Waals surface area contributed by atoms with E-state index in [0.29, 0.717) is 25.6 Å². The Bertz CT molecular complexity index is 1060. The SMILES string of the molecule is O=C(Nc1ccccc1)N1CC2CC(C1)c1ccc(-c3cccs3)c(=O)n1C2. The van der Waals surface area contributed by atoms with Gasteiger partial charge in [-0.15, -0.1) is 11.3 Å². The maximum atomic E-state index is 13.1. The standard InChI is InChI=1S/C22H21N3O2S/c26-21-18(20-7-4-10-28-20)8-9-19-16-11-15(13-25(19)21)12-24(14-16)22(27)23-17-5-2-1-3-6-17/h1-10,15-16H,11-14H2,(H,23,27). The highest BCUT2D eigenvalue weighted by Crippen LogP contribution is 2.36. The maximum Gasteiger partial charge on any atom is 0.321 e. The van der Waals surface area contributed by atoms with Crippen LogP contribution in [0, 0.1) is 5.92 Å². The molecule has 1 fully saturated rings. The minimum Gasteiger partial charge on any atom is -0.324 e. The van der Waals surface area contributed by atoms with Gasteiger partial charge in [0.05, 0.1) is 5.56 Å². The lowest BCUT2D eigenvalue weighted by Gasteiger charge is -2.42. The van der Waals surface area contributed by atoms with Crippen LogP contribution in [0.15, 0.2) is 64.8 Å². The lowest BCUT2D eigenvalue weighted by atomic mass is 9.83. The number of hydrogen-bond donors (Lipinski definition) is 1. The smallest absolute Gasteiger partial charge is 0.321 e. The average molecular weight is 391 g/mol. The summed E-state index contributed by atoms with van der Waals surface area (Å²) < 4.78 is 1.94. The minimum atomic E-state index is -0.0631. The van der Waals surface area contributed by atoms with E-state index in [9.17, 15) is 9.59 Å². The summed E-state index contributed by atoms with van der Waals surface area (Å²) in [6.45, 7) is 2.01. The summed E-state index contributed by atoms with van der Waals surface area (Å²) in [6.07, 6.45) is 1.03. The quantitative estimate of drug-likeness (QED) is 0.711. The van der Waals surface area contributed by atoms with Crippen molar-refractivity contribution in [3.8, 4) is 10.4 Å². The van der Waals surface area contributed by atoms with Crippen LogP contribution >= 0.6 is 11.3 Å². The second-order valence-electron chi connectivity index (χ2n) is 7.56. The zero-order valence-electron chi connectivity index (χ0n) is 15.4. The van der Waals surface area contributed by atoms with Gasteiger partial charge in [0.25, 0.3) is 5.56 Å². The predicted molar refractivity (Wildman–Crippen MR) is 112 cm³/mol. The molecular weight excluding hydrogens is 370 g/mol. The highest BCUT2D eigenvalue weighted by Gasteiger charge is 2.36. The number of pyridine rings is 1. The Morgan fingerprint density at radius 3 is 2.64 bits per heavy atom. The molecule has 2 bridgehead atoms. The molecule has 1 aromatic carbocycles. The fourth-order valence-electron chi connectivity index (χ4n) is 4.46. The summed E-state index contributed by atoms with van der Waals surface area (Å²) in [5.41, 5.74) is 2.73. The first-order chi connectivity index (χ1) is 13.7. The number of urea groups is 1. The first-order valence-corrected chi connectivity index (χ1v) is 10.5. The van der Waals surface area contributed by atoms with E-state index in [1.807, 2.05) is 63.4 Å². The van der Waals surface area contributed by atoms with Gasteiger partial charge in [0.2, 0.25) is 0 Å². The maximum absolute atomic E-state index is 13.1. The number of nitrogens with one attached hydrogen (secondary N) is 1. The van der Waals surface area contributed by atoms with Gasteiger partial charge in [-0.1, -0.05) is 24.3 Å². The van der Waals surface area contributed by atoms with Gasteiger partial charge in [0, 0.05) is 41.8 Å². The van der Waals surface area contributed by atoms with Crippen molar-refractivity contribution in [3.05, 3.63) is 76.0 Å². The van der Waals surface area contributed by atoms with E-state index < -0.39 is 0 Å². The summed E-state index contributed by atoms with van der Waals surface area (Å²) in [7, 11) is 0. The van der Waals surface area contributed by atoms with Crippen molar-refractivity contribution >= 4 is 23.1 Å². The van der Waals surface area contributed by atoms with Crippen LogP contribution in [0.2, 0.25) is 0 Å². The lowest BCUT2D eigenvalue weighted by molar-refractivity contribution is 0.139. The summed E-state index contributed by atoms with van der Waals surface area (Å²) in [4.78, 5) is 28.7. The number of rotatable bonds is 2. The van der Waals surface area contributed by atoms with Crippen molar-refractivity contribution < 1.29 is 4.79 Å². The number of carbonyl (C=O) groups is 1. The molecule has 2 unspecified atom stereocenters. The Kier molecular flexibility index (Phi) is 4.28. The number of fused-ring (bicyclic) bond motifs is 4. The zero-order chi connectivity index (χ0) is 19.1. The van der Waals surface area contributed by atoms with Crippen LogP contribution in [-0.2, 0) is 6.54 Å². The van der Waals surface area contributed by atoms with E-state index in [0.717, 1.165) is 28.2 Å². The second-order valence-corrected chi connectivity index (χ2v) is 8.51. The van der Waals surface area contributed by atoms with Gasteiger partial charge in [-0.25, -0.2) is 4.79 Å². The molecule has 0 radical (unpaired) electrons. The van der Waals surface area contributed by atoms with Crippen molar-refractivity contribution in [3.63, 3.8) is 0 Å². The fraction of sp³-hybridized carbons (Fsp3) is 0.273. The predicted octanol–water partition coefficient (Wildman–Crippen LogP) is 4.23. The van der Waals surface area contributed by atoms with Crippen LogP contribution in [0.1, 0.15) is 18.0 Å². The Morgan fingerprint density at radius 1 is 1.00 bits per heavy atom. The summed E-state index contributed by atoms with van der Waals surface area (Å²) >= 11 is 1.59. The fourth-order valence-corrected chi connectivity index (χ4v) is 5.20.